The minimum atomic E-state index is -3.42. The van der Waals surface area contributed by atoms with Crippen molar-refractivity contribution in [3.63, 3.8) is 0 Å². The lowest BCUT2D eigenvalue weighted by Gasteiger charge is -2.30. The Bertz CT molecular complexity index is 525. The Balaban J connectivity index is 2.23. The Labute approximate surface area is 114 Å². The van der Waals surface area contributed by atoms with Crippen molar-refractivity contribution in [1.82, 2.24) is 4.31 Å². The Hall–Kier alpha value is -0.950. The Kier molecular flexibility index (Phi) is 4.25. The zero-order valence-corrected chi connectivity index (χ0v) is 12.1. The van der Waals surface area contributed by atoms with Crippen molar-refractivity contribution in [3.8, 4) is 0 Å². The molecule has 1 aliphatic rings. The number of rotatable bonds is 3. The molecule has 1 saturated heterocycles. The lowest BCUT2D eigenvalue weighted by molar-refractivity contribution is 0.0102. The monoisotopic (exact) mass is 284 g/mol. The summed E-state index contributed by atoms with van der Waals surface area (Å²) in [5, 5.41) is 0. The number of benzene rings is 1. The molecular formula is C13H20N2O3S. The van der Waals surface area contributed by atoms with E-state index in [4.69, 9.17) is 10.5 Å². The van der Waals surface area contributed by atoms with E-state index in [1.165, 1.54) is 4.31 Å². The van der Waals surface area contributed by atoms with Gasteiger partial charge in [-0.3, -0.25) is 0 Å². The van der Waals surface area contributed by atoms with Gasteiger partial charge in [-0.1, -0.05) is 12.1 Å². The number of hydrogen-bond acceptors (Lipinski definition) is 4. The quantitative estimate of drug-likeness (QED) is 0.902. The van der Waals surface area contributed by atoms with E-state index in [1.807, 2.05) is 13.8 Å². The molecule has 0 amide bonds. The largest absolute Gasteiger partial charge is 0.376 e. The normalized spacial score (nSPS) is 23.2. The van der Waals surface area contributed by atoms with Gasteiger partial charge in [-0.25, -0.2) is 8.42 Å². The minimum Gasteiger partial charge on any atom is -0.376 e. The highest BCUT2D eigenvalue weighted by molar-refractivity contribution is 7.89. The van der Waals surface area contributed by atoms with Crippen molar-refractivity contribution in [3.05, 3.63) is 29.8 Å². The van der Waals surface area contributed by atoms with E-state index in [-0.39, 0.29) is 12.1 Å². The molecule has 2 N–H and O–H groups in total. The van der Waals surface area contributed by atoms with Gasteiger partial charge in [0.05, 0.1) is 17.6 Å². The number of sulfonamides is 1. The molecule has 0 spiro atoms. The zero-order chi connectivity index (χ0) is 14.0. The molecular weight excluding hydrogens is 264 g/mol. The number of nitrogens with two attached hydrogens (primary N) is 1. The summed E-state index contributed by atoms with van der Waals surface area (Å²) in [7, 11) is -3.42. The maximum atomic E-state index is 12.5. The summed E-state index contributed by atoms with van der Waals surface area (Å²) in [6, 6.07) is 6.67. The topological polar surface area (TPSA) is 72.6 Å². The van der Waals surface area contributed by atoms with E-state index in [0.717, 1.165) is 5.56 Å². The summed E-state index contributed by atoms with van der Waals surface area (Å²) in [4.78, 5) is 0.311. The van der Waals surface area contributed by atoms with Crippen LogP contribution in [0.1, 0.15) is 25.5 Å². The average Bonchev–Trinajstić information content (AvgIpc) is 2.39. The lowest BCUT2D eigenvalue weighted by atomic mass is 10.1. The van der Waals surface area contributed by atoms with Gasteiger partial charge in [-0.05, 0) is 31.5 Å². The van der Waals surface area contributed by atoms with Crippen LogP contribution in [0.2, 0.25) is 0 Å². The second kappa shape index (κ2) is 5.58. The van der Waals surface area contributed by atoms with Gasteiger partial charge in [-0.2, -0.15) is 4.31 Å². The third kappa shape index (κ3) is 3.14. The molecule has 1 aromatic carbocycles. The molecule has 106 valence electrons. The van der Waals surface area contributed by atoms with Gasteiger partial charge in [0.15, 0.2) is 0 Å². The first kappa shape index (κ1) is 14.5. The smallest absolute Gasteiger partial charge is 0.243 e. The number of morpholine rings is 1. The molecule has 5 nitrogen and oxygen atoms in total. The third-order valence-electron chi connectivity index (χ3n) is 3.25. The average molecular weight is 284 g/mol. The second-order valence-electron chi connectivity index (χ2n) is 4.90. The Morgan fingerprint density at radius 1 is 1.37 bits per heavy atom. The predicted octanol–water partition coefficient (Wildman–Crippen LogP) is 1.12. The third-order valence-corrected chi connectivity index (χ3v) is 5.13. The fourth-order valence-corrected chi connectivity index (χ4v) is 3.60. The van der Waals surface area contributed by atoms with Crippen LogP contribution in [-0.2, 0) is 14.8 Å². The van der Waals surface area contributed by atoms with Crippen LogP contribution in [0.15, 0.2) is 29.2 Å². The van der Waals surface area contributed by atoms with E-state index in [0.29, 0.717) is 24.6 Å². The molecule has 0 aromatic heterocycles. The molecule has 0 bridgehead atoms. The van der Waals surface area contributed by atoms with Crippen molar-refractivity contribution in [2.24, 2.45) is 5.73 Å². The van der Waals surface area contributed by atoms with E-state index in [1.54, 1.807) is 24.3 Å². The Morgan fingerprint density at radius 3 is 2.53 bits per heavy atom. The van der Waals surface area contributed by atoms with Crippen molar-refractivity contribution in [1.29, 1.82) is 0 Å². The predicted molar refractivity (Wildman–Crippen MR) is 73.2 cm³/mol. The molecule has 1 fully saturated rings. The maximum absolute atomic E-state index is 12.5. The van der Waals surface area contributed by atoms with E-state index < -0.39 is 10.0 Å². The van der Waals surface area contributed by atoms with Crippen LogP contribution in [0.3, 0.4) is 0 Å². The molecule has 0 aliphatic carbocycles. The lowest BCUT2D eigenvalue weighted by Crippen LogP contribution is -2.44. The summed E-state index contributed by atoms with van der Waals surface area (Å²) in [5.41, 5.74) is 6.68. The van der Waals surface area contributed by atoms with Crippen molar-refractivity contribution in [2.45, 2.75) is 30.9 Å². The number of nitrogens with zero attached hydrogens (tertiary/aromatic N) is 1. The van der Waals surface area contributed by atoms with Crippen molar-refractivity contribution < 1.29 is 13.2 Å². The minimum absolute atomic E-state index is 0.0631. The van der Waals surface area contributed by atoms with Crippen LogP contribution in [0.4, 0.5) is 0 Å². The molecule has 6 heteroatoms. The molecule has 0 radical (unpaired) electrons. The zero-order valence-electron chi connectivity index (χ0n) is 11.2. The molecule has 19 heavy (non-hydrogen) atoms. The maximum Gasteiger partial charge on any atom is 0.243 e. The fourth-order valence-electron chi connectivity index (χ4n) is 2.10. The fraction of sp³-hybridized carbons (Fsp3) is 0.538. The van der Waals surface area contributed by atoms with Crippen LogP contribution in [0, 0.1) is 0 Å². The highest BCUT2D eigenvalue weighted by atomic mass is 32.2. The van der Waals surface area contributed by atoms with Crippen LogP contribution < -0.4 is 5.73 Å². The first-order valence-electron chi connectivity index (χ1n) is 6.38. The summed E-state index contributed by atoms with van der Waals surface area (Å²) in [6.45, 7) is 4.99. The van der Waals surface area contributed by atoms with Crippen molar-refractivity contribution >= 4 is 10.0 Å². The van der Waals surface area contributed by atoms with E-state index >= 15 is 0 Å². The van der Waals surface area contributed by atoms with E-state index in [2.05, 4.69) is 0 Å². The van der Waals surface area contributed by atoms with Gasteiger partial charge in [0.1, 0.15) is 0 Å². The molecule has 2 unspecified atom stereocenters. The van der Waals surface area contributed by atoms with Crippen molar-refractivity contribution in [2.75, 3.05) is 19.7 Å². The van der Waals surface area contributed by atoms with E-state index in [9.17, 15) is 8.42 Å². The number of ether oxygens (including phenoxy) is 1. The van der Waals surface area contributed by atoms with Gasteiger partial charge in [0.25, 0.3) is 0 Å². The highest BCUT2D eigenvalue weighted by Gasteiger charge is 2.28. The molecule has 1 aliphatic heterocycles. The summed E-state index contributed by atoms with van der Waals surface area (Å²) in [5.74, 6) is 0. The molecule has 1 aromatic rings. The van der Waals surface area contributed by atoms with Gasteiger partial charge in [0, 0.05) is 19.1 Å². The molecule has 0 saturated carbocycles. The molecule has 1 heterocycles. The number of hydrogen-bond donors (Lipinski definition) is 1. The van der Waals surface area contributed by atoms with Crippen LogP contribution >= 0.6 is 0 Å². The standard InChI is InChI=1S/C13H20N2O3S/c1-10-9-15(7-8-18-10)19(16,17)13-5-3-12(4-6-13)11(2)14/h3-6,10-11H,7-9,14H2,1-2H3. The summed E-state index contributed by atoms with van der Waals surface area (Å²) < 4.78 is 31.7. The summed E-state index contributed by atoms with van der Waals surface area (Å²) >= 11 is 0. The Morgan fingerprint density at radius 2 is 2.00 bits per heavy atom. The summed E-state index contributed by atoms with van der Waals surface area (Å²) in [6.07, 6.45) is -0.0631. The highest BCUT2D eigenvalue weighted by Crippen LogP contribution is 2.20. The SMILES string of the molecule is CC1CN(S(=O)(=O)c2ccc(C(C)N)cc2)CCO1. The van der Waals surface area contributed by atoms with Crippen LogP contribution in [0.5, 0.6) is 0 Å². The van der Waals surface area contributed by atoms with Gasteiger partial charge in [0.2, 0.25) is 10.0 Å². The first-order valence-corrected chi connectivity index (χ1v) is 7.82. The van der Waals surface area contributed by atoms with Gasteiger partial charge < -0.3 is 10.5 Å². The van der Waals surface area contributed by atoms with Crippen LogP contribution in [0.25, 0.3) is 0 Å². The first-order chi connectivity index (χ1) is 8.91. The van der Waals surface area contributed by atoms with Crippen LogP contribution in [-0.4, -0.2) is 38.5 Å². The van der Waals surface area contributed by atoms with Gasteiger partial charge >= 0.3 is 0 Å². The van der Waals surface area contributed by atoms with Gasteiger partial charge in [-0.15, -0.1) is 0 Å². The second-order valence-corrected chi connectivity index (χ2v) is 6.84. The molecule has 2 atom stereocenters. The molecule has 2 rings (SSSR count).